The number of rotatable bonds is 7. The van der Waals surface area contributed by atoms with Gasteiger partial charge in [0, 0.05) is 11.6 Å². The molecule has 32 heavy (non-hydrogen) atoms. The van der Waals surface area contributed by atoms with E-state index < -0.39 is 12.1 Å². The van der Waals surface area contributed by atoms with Crippen LogP contribution in [0.25, 0.3) is 0 Å². The SMILES string of the molecule is COC(=O)C(Oc1cc(OCc2ccc3c(c2)OCO3)ccc1C#N)c1ccccc1C. The minimum Gasteiger partial charge on any atom is -0.489 e. The van der Waals surface area contributed by atoms with E-state index in [9.17, 15) is 10.1 Å². The minimum absolute atomic E-state index is 0.207. The molecule has 1 heterocycles. The van der Waals surface area contributed by atoms with Crippen molar-refractivity contribution in [3.63, 3.8) is 0 Å². The van der Waals surface area contributed by atoms with Gasteiger partial charge in [0.15, 0.2) is 11.5 Å². The molecule has 0 saturated heterocycles. The fraction of sp³-hybridized carbons (Fsp3) is 0.200. The zero-order chi connectivity index (χ0) is 22.5. The monoisotopic (exact) mass is 431 g/mol. The maximum Gasteiger partial charge on any atom is 0.351 e. The fourth-order valence-electron chi connectivity index (χ4n) is 3.33. The molecule has 0 radical (unpaired) electrons. The van der Waals surface area contributed by atoms with Crippen molar-refractivity contribution < 1.29 is 28.5 Å². The van der Waals surface area contributed by atoms with Crippen LogP contribution in [0.5, 0.6) is 23.0 Å². The lowest BCUT2D eigenvalue weighted by Crippen LogP contribution is -2.21. The summed E-state index contributed by atoms with van der Waals surface area (Å²) in [5.74, 6) is 1.54. The molecule has 0 bridgehead atoms. The van der Waals surface area contributed by atoms with Crippen LogP contribution in [-0.4, -0.2) is 19.9 Å². The van der Waals surface area contributed by atoms with Crippen LogP contribution in [0.15, 0.2) is 60.7 Å². The zero-order valence-electron chi connectivity index (χ0n) is 17.7. The summed E-state index contributed by atoms with van der Waals surface area (Å²) < 4.78 is 27.5. The Kier molecular flexibility index (Phi) is 6.13. The van der Waals surface area contributed by atoms with Gasteiger partial charge in [0.1, 0.15) is 24.2 Å². The van der Waals surface area contributed by atoms with Gasteiger partial charge in [-0.05, 0) is 42.3 Å². The van der Waals surface area contributed by atoms with Gasteiger partial charge in [-0.25, -0.2) is 4.79 Å². The molecule has 0 saturated carbocycles. The Morgan fingerprint density at radius 2 is 1.91 bits per heavy atom. The molecule has 1 aliphatic rings. The molecular weight excluding hydrogens is 410 g/mol. The molecule has 1 unspecified atom stereocenters. The molecule has 3 aromatic rings. The topological polar surface area (TPSA) is 87.0 Å². The largest absolute Gasteiger partial charge is 0.489 e. The summed E-state index contributed by atoms with van der Waals surface area (Å²) in [6, 6.07) is 19.9. The van der Waals surface area contributed by atoms with E-state index in [1.807, 2.05) is 43.3 Å². The van der Waals surface area contributed by atoms with E-state index in [0.717, 1.165) is 11.1 Å². The first kappa shape index (κ1) is 21.1. The number of nitriles is 1. The molecule has 1 atom stereocenters. The number of fused-ring (bicyclic) bond motifs is 1. The molecule has 7 nitrogen and oxygen atoms in total. The first-order valence-electron chi connectivity index (χ1n) is 9.94. The van der Waals surface area contributed by atoms with Crippen LogP contribution in [0, 0.1) is 18.3 Å². The van der Waals surface area contributed by atoms with Crippen LogP contribution in [0.1, 0.15) is 28.4 Å². The smallest absolute Gasteiger partial charge is 0.351 e. The number of ether oxygens (including phenoxy) is 5. The summed E-state index contributed by atoms with van der Waals surface area (Å²) in [6.07, 6.45) is -1.02. The standard InChI is InChI=1S/C25H21NO6/c1-16-5-3-4-6-20(16)24(25(27)28-2)32-22-12-19(9-8-18(22)13-26)29-14-17-7-10-21-23(11-17)31-15-30-21/h3-12,24H,14-15H2,1-2H3. The predicted molar refractivity (Wildman–Crippen MR) is 115 cm³/mol. The highest BCUT2D eigenvalue weighted by Crippen LogP contribution is 2.34. The molecule has 0 N–H and O–H groups in total. The van der Waals surface area contributed by atoms with Crippen LogP contribution in [0.3, 0.4) is 0 Å². The Balaban J connectivity index is 1.56. The third-order valence-electron chi connectivity index (χ3n) is 5.05. The molecule has 0 aromatic heterocycles. The molecular formula is C25H21NO6. The van der Waals surface area contributed by atoms with E-state index in [0.29, 0.717) is 22.8 Å². The van der Waals surface area contributed by atoms with Gasteiger partial charge in [-0.15, -0.1) is 0 Å². The highest BCUT2D eigenvalue weighted by atomic mass is 16.7. The summed E-state index contributed by atoms with van der Waals surface area (Å²) in [5, 5.41) is 9.53. The molecule has 1 aliphatic heterocycles. The number of esters is 1. The van der Waals surface area contributed by atoms with E-state index in [1.54, 1.807) is 24.3 Å². The number of hydrogen-bond donors (Lipinski definition) is 0. The summed E-state index contributed by atoms with van der Waals surface area (Å²) >= 11 is 0. The van der Waals surface area contributed by atoms with Crippen molar-refractivity contribution in [2.75, 3.05) is 13.9 Å². The second kappa shape index (κ2) is 9.31. The number of nitrogens with zero attached hydrogens (tertiary/aromatic N) is 1. The Morgan fingerprint density at radius 1 is 1.09 bits per heavy atom. The number of benzene rings is 3. The molecule has 4 rings (SSSR count). The second-order valence-corrected chi connectivity index (χ2v) is 7.12. The highest BCUT2D eigenvalue weighted by Gasteiger charge is 2.26. The van der Waals surface area contributed by atoms with Crippen molar-refractivity contribution in [3.05, 3.63) is 82.9 Å². The third-order valence-corrected chi connectivity index (χ3v) is 5.05. The normalized spacial score (nSPS) is 12.5. The second-order valence-electron chi connectivity index (χ2n) is 7.12. The maximum absolute atomic E-state index is 12.5. The van der Waals surface area contributed by atoms with Gasteiger partial charge in [-0.3, -0.25) is 0 Å². The Hall–Kier alpha value is -4.18. The van der Waals surface area contributed by atoms with Crippen LogP contribution in [0.4, 0.5) is 0 Å². The molecule has 0 aliphatic carbocycles. The van der Waals surface area contributed by atoms with Crippen LogP contribution in [-0.2, 0) is 16.1 Å². The van der Waals surface area contributed by atoms with E-state index in [1.165, 1.54) is 7.11 Å². The van der Waals surface area contributed by atoms with Crippen molar-refractivity contribution in [1.29, 1.82) is 5.26 Å². The van der Waals surface area contributed by atoms with E-state index in [4.69, 9.17) is 23.7 Å². The lowest BCUT2D eigenvalue weighted by molar-refractivity contribution is -0.149. The summed E-state index contributed by atoms with van der Waals surface area (Å²) in [5.41, 5.74) is 2.71. The lowest BCUT2D eigenvalue weighted by Gasteiger charge is -2.20. The number of carbonyl (C=O) groups excluding carboxylic acids is 1. The molecule has 162 valence electrons. The van der Waals surface area contributed by atoms with Gasteiger partial charge < -0.3 is 23.7 Å². The quantitative estimate of drug-likeness (QED) is 0.510. The van der Waals surface area contributed by atoms with Gasteiger partial charge >= 0.3 is 5.97 Å². The lowest BCUT2D eigenvalue weighted by atomic mass is 10.0. The molecule has 0 spiro atoms. The van der Waals surface area contributed by atoms with Gasteiger partial charge in [0.25, 0.3) is 0 Å². The number of hydrogen-bond acceptors (Lipinski definition) is 7. The van der Waals surface area contributed by atoms with Crippen LogP contribution >= 0.6 is 0 Å². The fourth-order valence-corrected chi connectivity index (χ4v) is 3.33. The number of aryl methyl sites for hydroxylation is 1. The Morgan fingerprint density at radius 3 is 2.69 bits per heavy atom. The van der Waals surface area contributed by atoms with Gasteiger partial charge in [-0.2, -0.15) is 5.26 Å². The molecule has 3 aromatic carbocycles. The van der Waals surface area contributed by atoms with E-state index in [-0.39, 0.29) is 24.7 Å². The van der Waals surface area contributed by atoms with Crippen molar-refractivity contribution in [2.45, 2.75) is 19.6 Å². The number of carbonyl (C=O) groups is 1. The van der Waals surface area contributed by atoms with Crippen LogP contribution in [0.2, 0.25) is 0 Å². The van der Waals surface area contributed by atoms with Gasteiger partial charge in [0.05, 0.1) is 12.7 Å². The molecule has 7 heteroatoms. The average Bonchev–Trinajstić information content (AvgIpc) is 3.29. The predicted octanol–water partition coefficient (Wildman–Crippen LogP) is 4.47. The van der Waals surface area contributed by atoms with E-state index in [2.05, 4.69) is 6.07 Å². The number of methoxy groups -OCH3 is 1. The Bertz CT molecular complexity index is 1180. The molecule has 0 fully saturated rings. The van der Waals surface area contributed by atoms with E-state index >= 15 is 0 Å². The van der Waals surface area contributed by atoms with Crippen molar-refractivity contribution in [1.82, 2.24) is 0 Å². The first-order valence-corrected chi connectivity index (χ1v) is 9.94. The Labute approximate surface area is 185 Å². The average molecular weight is 431 g/mol. The van der Waals surface area contributed by atoms with Gasteiger partial charge in [-0.1, -0.05) is 30.3 Å². The van der Waals surface area contributed by atoms with Crippen molar-refractivity contribution in [2.24, 2.45) is 0 Å². The summed E-state index contributed by atoms with van der Waals surface area (Å²) in [7, 11) is 1.30. The summed E-state index contributed by atoms with van der Waals surface area (Å²) in [4.78, 5) is 12.5. The van der Waals surface area contributed by atoms with Crippen LogP contribution < -0.4 is 18.9 Å². The zero-order valence-corrected chi connectivity index (χ0v) is 17.7. The third kappa shape index (κ3) is 4.44. The van der Waals surface area contributed by atoms with Crippen molar-refractivity contribution >= 4 is 5.97 Å². The highest BCUT2D eigenvalue weighted by molar-refractivity contribution is 5.77. The molecule has 0 amide bonds. The first-order chi connectivity index (χ1) is 15.6. The maximum atomic E-state index is 12.5. The summed E-state index contributed by atoms with van der Waals surface area (Å²) in [6.45, 7) is 2.36. The van der Waals surface area contributed by atoms with Gasteiger partial charge in [0.2, 0.25) is 12.9 Å². The van der Waals surface area contributed by atoms with Crippen molar-refractivity contribution in [3.8, 4) is 29.1 Å². The minimum atomic E-state index is -1.02.